The predicted molar refractivity (Wildman–Crippen MR) is 65.9 cm³/mol. The summed E-state index contributed by atoms with van der Waals surface area (Å²) < 4.78 is 5.34. The molecule has 17 heavy (non-hydrogen) atoms. The van der Waals surface area contributed by atoms with Crippen LogP contribution in [-0.2, 0) is 4.74 Å². The van der Waals surface area contributed by atoms with Crippen molar-refractivity contribution < 1.29 is 14.6 Å². The maximum Gasteiger partial charge on any atom is 0.339 e. The minimum Gasteiger partial charge on any atom is -0.478 e. The van der Waals surface area contributed by atoms with Crippen molar-refractivity contribution in [1.29, 1.82) is 0 Å². The van der Waals surface area contributed by atoms with Gasteiger partial charge in [-0.15, -0.1) is 0 Å². The molecule has 1 aliphatic rings. The molecule has 1 aromatic carbocycles. The molecule has 1 heterocycles. The van der Waals surface area contributed by atoms with Crippen molar-refractivity contribution in [2.45, 2.75) is 18.9 Å². The van der Waals surface area contributed by atoms with Crippen molar-refractivity contribution in [1.82, 2.24) is 0 Å². The highest BCUT2D eigenvalue weighted by Gasteiger charge is 2.19. The molecule has 2 rings (SSSR count). The Balaban J connectivity index is 2.19. The van der Waals surface area contributed by atoms with Crippen molar-refractivity contribution in [3.8, 4) is 0 Å². The third-order valence-electron chi connectivity index (χ3n) is 2.75. The molecule has 1 saturated heterocycles. The molecule has 4 nitrogen and oxygen atoms in total. The van der Waals surface area contributed by atoms with Gasteiger partial charge in [0.2, 0.25) is 0 Å². The molecule has 0 aliphatic carbocycles. The van der Waals surface area contributed by atoms with E-state index in [1.165, 1.54) is 0 Å². The summed E-state index contributed by atoms with van der Waals surface area (Å²) in [6, 6.07) is 5.19. The van der Waals surface area contributed by atoms with Gasteiger partial charge < -0.3 is 15.2 Å². The lowest BCUT2D eigenvalue weighted by molar-refractivity contribution is 0.0696. The van der Waals surface area contributed by atoms with E-state index in [2.05, 4.69) is 5.32 Å². The predicted octanol–water partition coefficient (Wildman–Crippen LogP) is 2.63. The summed E-state index contributed by atoms with van der Waals surface area (Å²) in [6.45, 7) is 1.38. The van der Waals surface area contributed by atoms with Gasteiger partial charge in [0.05, 0.1) is 17.3 Å². The molecule has 0 bridgehead atoms. The molecule has 1 aromatic rings. The van der Waals surface area contributed by atoms with Crippen molar-refractivity contribution >= 4 is 23.3 Å². The van der Waals surface area contributed by atoms with E-state index >= 15 is 0 Å². The Bertz CT molecular complexity index is 416. The second-order valence-electron chi connectivity index (χ2n) is 4.03. The normalized spacial score (nSPS) is 19.9. The van der Waals surface area contributed by atoms with E-state index in [0.29, 0.717) is 12.3 Å². The Morgan fingerprint density at radius 3 is 3.00 bits per heavy atom. The second-order valence-corrected chi connectivity index (χ2v) is 4.43. The zero-order chi connectivity index (χ0) is 12.3. The fourth-order valence-electron chi connectivity index (χ4n) is 1.94. The minimum atomic E-state index is -1.02. The van der Waals surface area contributed by atoms with Crippen LogP contribution < -0.4 is 5.32 Å². The van der Waals surface area contributed by atoms with Crippen LogP contribution in [0.3, 0.4) is 0 Å². The molecule has 1 unspecified atom stereocenters. The maximum atomic E-state index is 11.1. The number of carbonyl (C=O) groups is 1. The molecule has 2 N–H and O–H groups in total. The van der Waals surface area contributed by atoms with Crippen molar-refractivity contribution in [3.05, 3.63) is 28.8 Å². The number of anilines is 1. The van der Waals surface area contributed by atoms with E-state index < -0.39 is 5.97 Å². The Morgan fingerprint density at radius 2 is 2.35 bits per heavy atom. The van der Waals surface area contributed by atoms with Crippen LogP contribution in [0.4, 0.5) is 5.69 Å². The van der Waals surface area contributed by atoms with Gasteiger partial charge in [0, 0.05) is 12.6 Å². The summed E-state index contributed by atoms with van der Waals surface area (Å²) in [6.07, 6.45) is 1.96. The molecular formula is C12H14ClNO3. The monoisotopic (exact) mass is 255 g/mol. The fraction of sp³-hybridized carbons (Fsp3) is 0.417. The highest BCUT2D eigenvalue weighted by atomic mass is 35.5. The maximum absolute atomic E-state index is 11.1. The topological polar surface area (TPSA) is 58.6 Å². The second kappa shape index (κ2) is 5.38. The SMILES string of the molecule is O=C(O)c1c(Cl)cccc1NC1CCCOC1. The standard InChI is InChI=1S/C12H14ClNO3/c13-9-4-1-5-10(11(9)12(15)16)14-8-3-2-6-17-7-8/h1,4-5,8,14H,2-3,6-7H2,(H,15,16). The molecular weight excluding hydrogens is 242 g/mol. The summed E-state index contributed by atoms with van der Waals surface area (Å²) >= 11 is 5.89. The van der Waals surface area contributed by atoms with Gasteiger partial charge in [0.25, 0.3) is 0 Å². The first kappa shape index (κ1) is 12.2. The number of carboxylic acid groups (broad SMARTS) is 1. The third-order valence-corrected chi connectivity index (χ3v) is 3.06. The van der Waals surface area contributed by atoms with Crippen LogP contribution >= 0.6 is 11.6 Å². The minimum absolute atomic E-state index is 0.125. The summed E-state index contributed by atoms with van der Waals surface area (Å²) in [5.74, 6) is -1.02. The number of halogens is 1. The highest BCUT2D eigenvalue weighted by Crippen LogP contribution is 2.26. The number of ether oxygens (including phenoxy) is 1. The Morgan fingerprint density at radius 1 is 1.53 bits per heavy atom. The van der Waals surface area contributed by atoms with Gasteiger partial charge in [0.1, 0.15) is 5.56 Å². The van der Waals surface area contributed by atoms with Gasteiger partial charge in [-0.05, 0) is 25.0 Å². The highest BCUT2D eigenvalue weighted by molar-refractivity contribution is 6.34. The van der Waals surface area contributed by atoms with Gasteiger partial charge in [-0.25, -0.2) is 4.79 Å². The van der Waals surface area contributed by atoms with Crippen LogP contribution in [0.5, 0.6) is 0 Å². The van der Waals surface area contributed by atoms with E-state index in [4.69, 9.17) is 21.4 Å². The zero-order valence-electron chi connectivity index (χ0n) is 9.28. The molecule has 0 radical (unpaired) electrons. The summed E-state index contributed by atoms with van der Waals surface area (Å²) in [5.41, 5.74) is 0.681. The molecule has 1 aliphatic heterocycles. The van der Waals surface area contributed by atoms with E-state index in [-0.39, 0.29) is 16.6 Å². The van der Waals surface area contributed by atoms with Gasteiger partial charge in [-0.1, -0.05) is 17.7 Å². The summed E-state index contributed by atoms with van der Waals surface area (Å²) in [4.78, 5) is 11.1. The largest absolute Gasteiger partial charge is 0.478 e. The Kier molecular flexibility index (Phi) is 3.86. The lowest BCUT2D eigenvalue weighted by atomic mass is 10.1. The lowest BCUT2D eigenvalue weighted by Gasteiger charge is -2.25. The number of hydrogen-bond acceptors (Lipinski definition) is 3. The summed E-state index contributed by atoms with van der Waals surface area (Å²) in [5, 5.41) is 12.6. The molecule has 0 saturated carbocycles. The van der Waals surface area contributed by atoms with Crippen LogP contribution in [0.25, 0.3) is 0 Å². The average Bonchev–Trinajstić information content (AvgIpc) is 2.30. The molecule has 0 aromatic heterocycles. The number of rotatable bonds is 3. The first-order chi connectivity index (χ1) is 8.18. The molecule has 92 valence electrons. The van der Waals surface area contributed by atoms with E-state index in [9.17, 15) is 4.79 Å². The van der Waals surface area contributed by atoms with Crippen LogP contribution in [0.15, 0.2) is 18.2 Å². The molecule has 1 atom stereocenters. The molecule has 0 amide bonds. The Labute approximate surface area is 105 Å². The summed E-state index contributed by atoms with van der Waals surface area (Å²) in [7, 11) is 0. The third kappa shape index (κ3) is 2.90. The fourth-order valence-corrected chi connectivity index (χ4v) is 2.19. The number of benzene rings is 1. The first-order valence-electron chi connectivity index (χ1n) is 5.54. The van der Waals surface area contributed by atoms with Crippen LogP contribution in [-0.4, -0.2) is 30.3 Å². The van der Waals surface area contributed by atoms with Crippen molar-refractivity contribution in [2.24, 2.45) is 0 Å². The number of carboxylic acids is 1. The lowest BCUT2D eigenvalue weighted by Crippen LogP contribution is -2.30. The quantitative estimate of drug-likeness (QED) is 0.872. The number of aromatic carboxylic acids is 1. The molecule has 0 spiro atoms. The van der Waals surface area contributed by atoms with E-state index in [0.717, 1.165) is 19.4 Å². The van der Waals surface area contributed by atoms with Crippen LogP contribution in [0.1, 0.15) is 23.2 Å². The smallest absolute Gasteiger partial charge is 0.339 e. The van der Waals surface area contributed by atoms with Crippen molar-refractivity contribution in [3.63, 3.8) is 0 Å². The van der Waals surface area contributed by atoms with E-state index in [1.807, 2.05) is 0 Å². The Hall–Kier alpha value is -1.26. The van der Waals surface area contributed by atoms with Crippen LogP contribution in [0.2, 0.25) is 5.02 Å². The zero-order valence-corrected chi connectivity index (χ0v) is 10.0. The average molecular weight is 256 g/mol. The number of hydrogen-bond donors (Lipinski definition) is 2. The van der Waals surface area contributed by atoms with Gasteiger partial charge >= 0.3 is 5.97 Å². The molecule has 5 heteroatoms. The van der Waals surface area contributed by atoms with Gasteiger partial charge in [0.15, 0.2) is 0 Å². The first-order valence-corrected chi connectivity index (χ1v) is 5.92. The number of nitrogens with one attached hydrogen (secondary N) is 1. The van der Waals surface area contributed by atoms with Gasteiger partial charge in [-0.3, -0.25) is 0 Å². The van der Waals surface area contributed by atoms with Gasteiger partial charge in [-0.2, -0.15) is 0 Å². The van der Waals surface area contributed by atoms with Crippen molar-refractivity contribution in [2.75, 3.05) is 18.5 Å². The van der Waals surface area contributed by atoms with Crippen LogP contribution in [0, 0.1) is 0 Å². The van der Waals surface area contributed by atoms with E-state index in [1.54, 1.807) is 18.2 Å². The molecule has 1 fully saturated rings.